The molecule has 0 spiro atoms. The number of pyridine rings is 1. The van der Waals surface area contributed by atoms with Crippen molar-refractivity contribution in [3.05, 3.63) is 113 Å². The van der Waals surface area contributed by atoms with E-state index in [2.05, 4.69) is 49.4 Å². The molecule has 14 nitrogen and oxygen atoms in total. The Labute approximate surface area is 379 Å². The van der Waals surface area contributed by atoms with E-state index in [9.17, 15) is 32.0 Å². The van der Waals surface area contributed by atoms with Gasteiger partial charge in [0, 0.05) is 79.3 Å². The number of H-pyrrole nitrogens is 1. The molecular formula is C48H49F3N8O6S. The third kappa shape index (κ3) is 8.45. The summed E-state index contributed by atoms with van der Waals surface area (Å²) in [6.07, 6.45) is 6.50. The lowest BCUT2D eigenvalue weighted by atomic mass is 9.87. The molecule has 18 heteroatoms. The van der Waals surface area contributed by atoms with Crippen molar-refractivity contribution >= 4 is 56.1 Å². The maximum absolute atomic E-state index is 15.8. The first kappa shape index (κ1) is 43.8. The molecule has 3 atom stereocenters. The van der Waals surface area contributed by atoms with Gasteiger partial charge < -0.3 is 19.7 Å². The Kier molecular flexibility index (Phi) is 11.7. The van der Waals surface area contributed by atoms with Crippen LogP contribution in [0.3, 0.4) is 0 Å². The van der Waals surface area contributed by atoms with Crippen LogP contribution in [0, 0.1) is 17.6 Å². The van der Waals surface area contributed by atoms with Crippen LogP contribution in [0.15, 0.2) is 73.1 Å². The number of aromatic nitrogens is 2. The van der Waals surface area contributed by atoms with Crippen LogP contribution in [0.4, 0.5) is 24.5 Å². The number of aromatic amines is 1. The molecule has 0 saturated carbocycles. The molecule has 3 N–H and O–H groups in total. The van der Waals surface area contributed by atoms with E-state index in [4.69, 9.17) is 0 Å². The van der Waals surface area contributed by atoms with Gasteiger partial charge in [0.2, 0.25) is 17.6 Å². The average molecular weight is 923 g/mol. The molecule has 0 aliphatic carbocycles. The van der Waals surface area contributed by atoms with Crippen LogP contribution in [0.2, 0.25) is 0 Å². The number of fused-ring (bicyclic) bond motifs is 2. The lowest BCUT2D eigenvalue weighted by Crippen LogP contribution is -2.52. The first-order valence-electron chi connectivity index (χ1n) is 22.6. The lowest BCUT2D eigenvalue weighted by Gasteiger charge is -2.33. The summed E-state index contributed by atoms with van der Waals surface area (Å²) in [5, 5.41) is 2.71. The zero-order valence-corrected chi connectivity index (χ0v) is 36.9. The number of alkyl halides is 1. The Balaban J connectivity index is 0.728. The molecule has 1 unspecified atom stereocenters. The van der Waals surface area contributed by atoms with Crippen LogP contribution in [0.5, 0.6) is 0 Å². The number of rotatable bonds is 12. The van der Waals surface area contributed by atoms with Gasteiger partial charge in [-0.2, -0.15) is 12.7 Å². The number of benzene rings is 3. The highest BCUT2D eigenvalue weighted by molar-refractivity contribution is 7.90. The fourth-order valence-corrected chi connectivity index (χ4v) is 11.6. The van der Waals surface area contributed by atoms with Crippen LogP contribution in [-0.2, 0) is 26.3 Å². The van der Waals surface area contributed by atoms with Crippen molar-refractivity contribution < 1.29 is 40.8 Å². The SMILES string of the molecule is O=C1CCC(N2Cc3cc(C4CCN(CC[C@H]5CCN(c6ccc(-c7cnc8[nH]cc(C(=O)c9c(F)ccc(NS(=O)(=O)N%10CC[C@@H](F)C%10)c9F)c8c7)cc6)C5)CC4)ccc3C2=O)C(=O)N1. The number of hydrogen-bond donors (Lipinski definition) is 3. The number of hydrogen-bond acceptors (Lipinski definition) is 9. The van der Waals surface area contributed by atoms with Crippen molar-refractivity contribution in [2.45, 2.75) is 69.6 Å². The number of carbonyl (C=O) groups is 4. The number of nitrogens with one attached hydrogen (secondary N) is 3. The van der Waals surface area contributed by atoms with Crippen LogP contribution in [0.25, 0.3) is 22.2 Å². The number of anilines is 2. The first-order valence-corrected chi connectivity index (χ1v) is 24.0. The zero-order chi connectivity index (χ0) is 45.9. The highest BCUT2D eigenvalue weighted by atomic mass is 32.2. The molecule has 3 aromatic carbocycles. The smallest absolute Gasteiger partial charge is 0.301 e. The highest BCUT2D eigenvalue weighted by Crippen LogP contribution is 2.36. The molecule has 3 amide bonds. The van der Waals surface area contributed by atoms with E-state index in [0.717, 1.165) is 91.7 Å². The minimum atomic E-state index is -4.35. The van der Waals surface area contributed by atoms with E-state index in [1.807, 2.05) is 22.9 Å². The van der Waals surface area contributed by atoms with E-state index >= 15 is 8.78 Å². The largest absolute Gasteiger partial charge is 0.371 e. The number of carbonyl (C=O) groups excluding carboxylic acids is 4. The van der Waals surface area contributed by atoms with Gasteiger partial charge in [-0.3, -0.25) is 29.2 Å². The quantitative estimate of drug-likeness (QED) is 0.0962. The predicted molar refractivity (Wildman–Crippen MR) is 241 cm³/mol. The molecule has 10 rings (SSSR count). The predicted octanol–water partition coefficient (Wildman–Crippen LogP) is 6.30. The molecule has 344 valence electrons. The molecule has 66 heavy (non-hydrogen) atoms. The Morgan fingerprint density at radius 3 is 2.44 bits per heavy atom. The van der Waals surface area contributed by atoms with Gasteiger partial charge in [-0.1, -0.05) is 24.3 Å². The first-order chi connectivity index (χ1) is 31.8. The molecule has 4 fully saturated rings. The van der Waals surface area contributed by atoms with Crippen molar-refractivity contribution in [1.82, 2.24) is 29.4 Å². The molecular weight excluding hydrogens is 874 g/mol. The number of halogens is 3. The van der Waals surface area contributed by atoms with E-state index in [1.165, 1.54) is 11.8 Å². The topological polar surface area (TPSA) is 168 Å². The van der Waals surface area contributed by atoms with Crippen LogP contribution in [-0.4, -0.2) is 114 Å². The molecule has 5 aliphatic rings. The number of nitrogens with zero attached hydrogens (tertiary/aromatic N) is 5. The van der Waals surface area contributed by atoms with Gasteiger partial charge in [-0.05, 0) is 123 Å². The fraction of sp³-hybridized carbons (Fsp3) is 0.396. The second-order valence-electron chi connectivity index (χ2n) is 18.2. The second kappa shape index (κ2) is 17.6. The maximum Gasteiger partial charge on any atom is 0.301 e. The third-order valence-electron chi connectivity index (χ3n) is 14.1. The van der Waals surface area contributed by atoms with Gasteiger partial charge in [-0.15, -0.1) is 0 Å². The summed E-state index contributed by atoms with van der Waals surface area (Å²) in [5.74, 6) is -3.41. The summed E-state index contributed by atoms with van der Waals surface area (Å²) in [7, 11) is -4.35. The van der Waals surface area contributed by atoms with Crippen LogP contribution >= 0.6 is 0 Å². The van der Waals surface area contributed by atoms with Gasteiger partial charge in [-0.25, -0.2) is 18.2 Å². The van der Waals surface area contributed by atoms with Crippen molar-refractivity contribution in [3.63, 3.8) is 0 Å². The van der Waals surface area contributed by atoms with Crippen molar-refractivity contribution in [2.24, 2.45) is 5.92 Å². The third-order valence-corrected chi connectivity index (χ3v) is 15.6. The Bertz CT molecular complexity index is 2870. The number of likely N-dealkylation sites (tertiary alicyclic amines) is 1. The Morgan fingerprint density at radius 2 is 1.68 bits per heavy atom. The number of ketones is 1. The van der Waals surface area contributed by atoms with Crippen molar-refractivity contribution in [1.29, 1.82) is 0 Å². The molecule has 5 aliphatic heterocycles. The minimum Gasteiger partial charge on any atom is -0.371 e. The summed E-state index contributed by atoms with van der Waals surface area (Å²) in [4.78, 5) is 65.0. The highest BCUT2D eigenvalue weighted by Gasteiger charge is 2.40. The van der Waals surface area contributed by atoms with Crippen LogP contribution in [0.1, 0.15) is 88.3 Å². The summed E-state index contributed by atoms with van der Waals surface area (Å²) >= 11 is 0. The van der Waals surface area contributed by atoms with E-state index < -0.39 is 57.0 Å². The summed E-state index contributed by atoms with van der Waals surface area (Å²) < 4.78 is 73.1. The lowest BCUT2D eigenvalue weighted by molar-refractivity contribution is -0.136. The van der Waals surface area contributed by atoms with E-state index in [0.29, 0.717) is 47.0 Å². The van der Waals surface area contributed by atoms with Crippen LogP contribution < -0.4 is 14.9 Å². The molecule has 7 heterocycles. The van der Waals surface area contributed by atoms with E-state index in [1.54, 1.807) is 17.2 Å². The minimum absolute atomic E-state index is 0.00471. The van der Waals surface area contributed by atoms with E-state index in [-0.39, 0.29) is 43.3 Å². The number of amides is 3. The average Bonchev–Trinajstić information content (AvgIpc) is 4.14. The molecule has 0 radical (unpaired) electrons. The van der Waals surface area contributed by atoms with Gasteiger partial charge in [0.25, 0.3) is 5.91 Å². The summed E-state index contributed by atoms with van der Waals surface area (Å²) in [5.41, 5.74) is 4.18. The van der Waals surface area contributed by atoms with Gasteiger partial charge >= 0.3 is 10.2 Å². The van der Waals surface area contributed by atoms with Gasteiger partial charge in [0.15, 0.2) is 5.82 Å². The zero-order valence-electron chi connectivity index (χ0n) is 36.1. The van der Waals surface area contributed by atoms with Crippen molar-refractivity contribution in [3.8, 4) is 11.1 Å². The number of imide groups is 1. The van der Waals surface area contributed by atoms with Crippen molar-refractivity contribution in [2.75, 3.05) is 55.4 Å². The maximum atomic E-state index is 15.8. The Morgan fingerprint density at radius 1 is 0.879 bits per heavy atom. The summed E-state index contributed by atoms with van der Waals surface area (Å²) in [6, 6.07) is 17.0. The second-order valence-corrected chi connectivity index (χ2v) is 19.8. The molecule has 2 aromatic heterocycles. The van der Waals surface area contributed by atoms with Gasteiger partial charge in [0.1, 0.15) is 23.7 Å². The Hall–Kier alpha value is -6.11. The molecule has 4 saturated heterocycles. The normalized spacial score (nSPS) is 22.1. The molecule has 5 aromatic rings. The fourth-order valence-electron chi connectivity index (χ4n) is 10.3. The van der Waals surface area contributed by atoms with Gasteiger partial charge in [0.05, 0.1) is 11.3 Å². The molecule has 0 bridgehead atoms. The summed E-state index contributed by atoms with van der Waals surface area (Å²) in [6.45, 7) is 4.86. The standard InChI is InChI=1S/C48H49F3N8O6S/c49-34-15-20-58(27-34)66(64,65)55-40-8-7-39(50)43(44(40)51)45(61)38-24-53-46-37(38)22-32(23-52-46)29-1-4-35(5-2-29)57-19-12-28(25-57)11-16-56-17-13-30(14-18-56)31-3-6-36-33(21-31)26-59(48(36)63)41-9-10-42(60)54-47(41)62/h1-8,21-24,28,30,34,41,55H,9-20,25-27H2,(H,52,53)(H,54,60,62)/t28-,34+,41?/m0/s1. The monoisotopic (exact) mass is 922 g/mol. The number of piperidine rings is 2.